The van der Waals surface area contributed by atoms with Crippen LogP contribution >= 0.6 is 0 Å². The predicted octanol–water partition coefficient (Wildman–Crippen LogP) is 2.96. The topological polar surface area (TPSA) is 64.7 Å². The van der Waals surface area contributed by atoms with Crippen LogP contribution in [0.25, 0.3) is 22.5 Å². The Kier molecular flexibility index (Phi) is 3.72. The zero-order valence-corrected chi connectivity index (χ0v) is 14.5. The van der Waals surface area contributed by atoms with E-state index in [0.29, 0.717) is 18.8 Å². The van der Waals surface area contributed by atoms with Crippen molar-refractivity contribution in [3.8, 4) is 16.9 Å². The molecule has 7 nitrogen and oxygen atoms in total. The minimum atomic E-state index is -0.177. The van der Waals surface area contributed by atoms with Gasteiger partial charge in [-0.1, -0.05) is 12.1 Å². The Morgan fingerprint density at radius 2 is 1.96 bits per heavy atom. The van der Waals surface area contributed by atoms with E-state index in [9.17, 15) is 4.79 Å². The summed E-state index contributed by atoms with van der Waals surface area (Å²) in [6, 6.07) is 13.7. The van der Waals surface area contributed by atoms with Crippen molar-refractivity contribution in [1.29, 1.82) is 0 Å². The van der Waals surface area contributed by atoms with Gasteiger partial charge in [0.25, 0.3) is 5.91 Å². The molecule has 0 atom stereocenters. The monoisotopic (exact) mass is 359 g/mol. The summed E-state index contributed by atoms with van der Waals surface area (Å²) in [6.07, 6.45) is 8.10. The third kappa shape index (κ3) is 2.69. The first-order valence-corrected chi connectivity index (χ1v) is 8.82. The summed E-state index contributed by atoms with van der Waals surface area (Å²) in [4.78, 5) is 22.4. The molecule has 1 aliphatic heterocycles. The first-order valence-electron chi connectivity index (χ1n) is 8.82. The van der Waals surface area contributed by atoms with Crippen LogP contribution in [0.15, 0.2) is 67.3 Å². The van der Waals surface area contributed by atoms with Crippen LogP contribution in [-0.2, 0) is 4.84 Å². The Morgan fingerprint density at radius 1 is 1.04 bits per heavy atom. The zero-order valence-electron chi connectivity index (χ0n) is 14.5. The van der Waals surface area contributed by atoms with Crippen LogP contribution in [0.4, 0.5) is 0 Å². The summed E-state index contributed by atoms with van der Waals surface area (Å²) in [5.74, 6) is 0.617. The van der Waals surface area contributed by atoms with E-state index in [1.807, 2.05) is 47.1 Å². The number of hydroxylamine groups is 2. The molecule has 7 heteroatoms. The van der Waals surface area contributed by atoms with Gasteiger partial charge in [-0.25, -0.2) is 9.75 Å². The molecular formula is C20H17N5O2. The zero-order chi connectivity index (χ0) is 18.2. The molecular weight excluding hydrogens is 342 g/mol. The smallest absolute Gasteiger partial charge is 0.296 e. The predicted molar refractivity (Wildman–Crippen MR) is 99.4 cm³/mol. The maximum absolute atomic E-state index is 12.8. The van der Waals surface area contributed by atoms with Gasteiger partial charge in [-0.2, -0.15) is 5.10 Å². The fraction of sp³-hybridized carbons (Fsp3) is 0.150. The molecule has 134 valence electrons. The lowest BCUT2D eigenvalue weighted by molar-refractivity contribution is -0.0773. The first kappa shape index (κ1) is 15.8. The molecule has 5 rings (SSSR count). The molecule has 1 fully saturated rings. The molecule has 0 spiro atoms. The molecule has 0 unspecified atom stereocenters. The first-order chi connectivity index (χ1) is 13.3. The lowest BCUT2D eigenvalue weighted by atomic mass is 10.1. The lowest BCUT2D eigenvalue weighted by Crippen LogP contribution is -2.28. The molecule has 0 radical (unpaired) electrons. The minimum Gasteiger partial charge on any atom is -0.301 e. The lowest BCUT2D eigenvalue weighted by Gasteiger charge is -2.15. The number of nitrogens with zero attached hydrogens (tertiary/aromatic N) is 5. The van der Waals surface area contributed by atoms with Crippen LogP contribution < -0.4 is 0 Å². The summed E-state index contributed by atoms with van der Waals surface area (Å²) >= 11 is 0. The third-order valence-electron chi connectivity index (χ3n) is 4.68. The minimum absolute atomic E-state index is 0.177. The highest BCUT2D eigenvalue weighted by atomic mass is 16.7. The van der Waals surface area contributed by atoms with Gasteiger partial charge in [0.15, 0.2) is 0 Å². The number of rotatable bonds is 3. The van der Waals surface area contributed by atoms with E-state index in [0.717, 1.165) is 28.9 Å². The van der Waals surface area contributed by atoms with Crippen molar-refractivity contribution in [2.24, 2.45) is 0 Å². The van der Waals surface area contributed by atoms with Crippen molar-refractivity contribution in [3.05, 3.63) is 72.9 Å². The maximum atomic E-state index is 12.8. The Bertz CT molecular complexity index is 1110. The number of hydrogen-bond donors (Lipinski definition) is 0. The van der Waals surface area contributed by atoms with Gasteiger partial charge in [0.1, 0.15) is 11.5 Å². The number of aromatic nitrogens is 4. The van der Waals surface area contributed by atoms with Crippen molar-refractivity contribution >= 4 is 11.4 Å². The second-order valence-electron chi connectivity index (χ2n) is 6.37. The van der Waals surface area contributed by atoms with E-state index in [4.69, 9.17) is 4.84 Å². The number of carbonyl (C=O) groups is 1. The van der Waals surface area contributed by atoms with Gasteiger partial charge < -0.3 is 4.40 Å². The summed E-state index contributed by atoms with van der Waals surface area (Å²) in [7, 11) is 0. The summed E-state index contributed by atoms with van der Waals surface area (Å²) in [5, 5.41) is 5.79. The molecule has 0 saturated carbocycles. The van der Waals surface area contributed by atoms with Gasteiger partial charge >= 0.3 is 0 Å². The molecule has 1 amide bonds. The Labute approximate surface area is 155 Å². The second-order valence-corrected chi connectivity index (χ2v) is 6.37. The van der Waals surface area contributed by atoms with Crippen LogP contribution in [-0.4, -0.2) is 43.3 Å². The Hall–Kier alpha value is -3.45. The molecule has 27 heavy (non-hydrogen) atoms. The van der Waals surface area contributed by atoms with Crippen molar-refractivity contribution in [1.82, 2.24) is 24.2 Å². The van der Waals surface area contributed by atoms with Gasteiger partial charge in [0, 0.05) is 29.7 Å². The van der Waals surface area contributed by atoms with Crippen LogP contribution in [0.5, 0.6) is 0 Å². The van der Waals surface area contributed by atoms with Crippen molar-refractivity contribution < 1.29 is 9.63 Å². The molecule has 0 N–H and O–H groups in total. The average molecular weight is 359 g/mol. The molecule has 4 aromatic rings. The molecule has 4 aromatic heterocycles. The highest BCUT2D eigenvalue weighted by Crippen LogP contribution is 2.23. The molecule has 1 aliphatic rings. The van der Waals surface area contributed by atoms with Gasteiger partial charge in [0.05, 0.1) is 19.3 Å². The standard InChI is InChI=1S/C20H17N5O2/c26-20(24-11-2-12-27-24)18-8-10-22-25(18)19-7-6-17-5-4-16(14-23(17)19)15-3-1-9-21-13-15/h1,3-10,13-14H,2,11-12H2. The van der Waals surface area contributed by atoms with Crippen LogP contribution in [0.1, 0.15) is 16.9 Å². The number of carbonyl (C=O) groups excluding carboxylic acids is 1. The molecule has 0 aromatic carbocycles. The fourth-order valence-corrected chi connectivity index (χ4v) is 3.35. The number of hydrogen-bond acceptors (Lipinski definition) is 4. The summed E-state index contributed by atoms with van der Waals surface area (Å²) in [6.45, 7) is 1.17. The van der Waals surface area contributed by atoms with Crippen LogP contribution in [0.2, 0.25) is 0 Å². The Balaban J connectivity index is 1.60. The SMILES string of the molecule is O=C(c1ccnn1-c1ccc2ccc(-c3cccnc3)cn12)N1CCCO1. The normalized spacial score (nSPS) is 14.1. The largest absolute Gasteiger partial charge is 0.301 e. The molecule has 1 saturated heterocycles. The average Bonchev–Trinajstić information content (AvgIpc) is 3.47. The van der Waals surface area contributed by atoms with Gasteiger partial charge in [0.2, 0.25) is 0 Å². The summed E-state index contributed by atoms with van der Waals surface area (Å²) < 4.78 is 3.68. The molecule has 0 aliphatic carbocycles. The number of pyridine rings is 2. The second kappa shape index (κ2) is 6.37. The van der Waals surface area contributed by atoms with Crippen LogP contribution in [0.3, 0.4) is 0 Å². The fourth-order valence-electron chi connectivity index (χ4n) is 3.35. The highest BCUT2D eigenvalue weighted by Gasteiger charge is 2.25. The number of fused-ring (bicyclic) bond motifs is 1. The quantitative estimate of drug-likeness (QED) is 0.564. The van der Waals surface area contributed by atoms with Gasteiger partial charge in [-0.3, -0.25) is 14.6 Å². The van der Waals surface area contributed by atoms with Crippen molar-refractivity contribution in [2.45, 2.75) is 6.42 Å². The number of amides is 1. The van der Waals surface area contributed by atoms with E-state index in [2.05, 4.69) is 16.1 Å². The molecule has 0 bridgehead atoms. The van der Waals surface area contributed by atoms with Gasteiger partial charge in [-0.05, 0) is 42.3 Å². The maximum Gasteiger partial charge on any atom is 0.296 e. The van der Waals surface area contributed by atoms with Crippen molar-refractivity contribution in [2.75, 3.05) is 13.2 Å². The van der Waals surface area contributed by atoms with E-state index in [-0.39, 0.29) is 5.91 Å². The molecule has 5 heterocycles. The third-order valence-corrected chi connectivity index (χ3v) is 4.68. The van der Waals surface area contributed by atoms with Gasteiger partial charge in [-0.15, -0.1) is 0 Å². The van der Waals surface area contributed by atoms with Crippen LogP contribution in [0, 0.1) is 0 Å². The Morgan fingerprint density at radius 3 is 2.78 bits per heavy atom. The van der Waals surface area contributed by atoms with Crippen molar-refractivity contribution in [3.63, 3.8) is 0 Å². The summed E-state index contributed by atoms with van der Waals surface area (Å²) in [5.41, 5.74) is 3.56. The van der Waals surface area contributed by atoms with E-state index in [1.54, 1.807) is 23.1 Å². The highest BCUT2D eigenvalue weighted by molar-refractivity contribution is 5.92. The van der Waals surface area contributed by atoms with E-state index in [1.165, 1.54) is 5.06 Å². The van der Waals surface area contributed by atoms with E-state index < -0.39 is 0 Å². The van der Waals surface area contributed by atoms with E-state index >= 15 is 0 Å².